The molecule has 0 spiro atoms. The predicted molar refractivity (Wildman–Crippen MR) is 39.7 cm³/mol. The van der Waals surface area contributed by atoms with E-state index in [4.69, 9.17) is 34.8 Å². The first-order chi connectivity index (χ1) is 2.94. The van der Waals surface area contributed by atoms with Crippen LogP contribution in [-0.4, -0.2) is 14.0 Å². The van der Waals surface area contributed by atoms with Crippen LogP contribution in [0.3, 0.4) is 0 Å². The first-order valence-corrected chi connectivity index (χ1v) is 4.30. The molecule has 0 aromatic carbocycles. The molecule has 0 aromatic heterocycles. The van der Waals surface area contributed by atoms with E-state index in [-0.39, 0.29) is 5.54 Å². The summed E-state index contributed by atoms with van der Waals surface area (Å²) in [4.78, 5) is 0. The molecule has 0 heterocycles. The molecule has 0 aliphatic rings. The van der Waals surface area contributed by atoms with Crippen molar-refractivity contribution in [2.75, 3.05) is 0 Å². The van der Waals surface area contributed by atoms with Crippen LogP contribution in [0, 0.1) is 0 Å². The first-order valence-electron chi connectivity index (χ1n) is 2.01. The largest absolute Gasteiger partial charge is 0.189 e. The molecular weight excluding hydrogens is 170 g/mol. The summed E-state index contributed by atoms with van der Waals surface area (Å²) in [6.07, 6.45) is 0. The maximum atomic E-state index is 5.43. The summed E-state index contributed by atoms with van der Waals surface area (Å²) in [7, 11) is 0.932. The van der Waals surface area contributed by atoms with Crippen molar-refractivity contribution in [2.24, 2.45) is 0 Å². The summed E-state index contributed by atoms with van der Waals surface area (Å²) in [6, 6.07) is 0. The Labute approximate surface area is 61.5 Å². The third-order valence-corrected chi connectivity index (χ3v) is 3.93. The lowest BCUT2D eigenvalue weighted by molar-refractivity contribution is 0.966. The topological polar surface area (TPSA) is 0 Å². The van der Waals surface area contributed by atoms with Crippen LogP contribution in [0.4, 0.5) is 0 Å². The lowest BCUT2D eigenvalue weighted by atomic mass is 10.5. The monoisotopic (exact) mass is 176 g/mol. The van der Waals surface area contributed by atoms with E-state index < -0.39 is 3.79 Å². The van der Waals surface area contributed by atoms with Crippen molar-refractivity contribution in [2.45, 2.75) is 16.3 Å². The van der Waals surface area contributed by atoms with Gasteiger partial charge in [-0.1, -0.05) is 41.7 Å². The van der Waals surface area contributed by atoms with Gasteiger partial charge in [0.15, 0.2) is 3.79 Å². The Kier molecular flexibility index (Phi) is 2.98. The Morgan fingerprint density at radius 1 is 1.43 bits per heavy atom. The molecule has 0 aliphatic carbocycles. The van der Waals surface area contributed by atoms with Gasteiger partial charge in [-0.25, -0.2) is 0 Å². The van der Waals surface area contributed by atoms with Gasteiger partial charge in [-0.05, 0) is 5.54 Å². The Hall–Kier alpha value is 1.09. The first kappa shape index (κ1) is 8.09. The zero-order valence-corrected chi connectivity index (χ0v) is 8.48. The lowest BCUT2D eigenvalue weighted by Gasteiger charge is -2.13. The fraction of sp³-hybridized carbons (Fsp3) is 1.00. The molecule has 7 heavy (non-hydrogen) atoms. The highest BCUT2D eigenvalue weighted by atomic mass is 35.6. The molecule has 0 aromatic rings. The van der Waals surface area contributed by atoms with Crippen molar-refractivity contribution in [1.82, 2.24) is 0 Å². The van der Waals surface area contributed by atoms with Gasteiger partial charge in [0.2, 0.25) is 0 Å². The molecule has 0 aliphatic heterocycles. The van der Waals surface area contributed by atoms with Crippen LogP contribution >= 0.6 is 34.8 Å². The molecule has 0 radical (unpaired) electrons. The number of alkyl halides is 3. The fourth-order valence-electron chi connectivity index (χ4n) is 0. The number of halogens is 3. The number of hydrogen-bond donors (Lipinski definition) is 0. The summed E-state index contributed by atoms with van der Waals surface area (Å²) in [5.41, 5.74) is 0.234. The minimum atomic E-state index is -1.02. The molecule has 0 amide bonds. The van der Waals surface area contributed by atoms with E-state index in [2.05, 4.69) is 0 Å². The summed E-state index contributed by atoms with van der Waals surface area (Å²) in [6.45, 7) is 1.92. The van der Waals surface area contributed by atoms with E-state index in [1.54, 1.807) is 0 Å². The van der Waals surface area contributed by atoms with Crippen molar-refractivity contribution in [3.63, 3.8) is 0 Å². The molecular formula is C3H7Cl3Si. The van der Waals surface area contributed by atoms with Gasteiger partial charge < -0.3 is 0 Å². The molecule has 0 rings (SSSR count). The smallest absolute Gasteiger partial charge is 0.0838 e. The fourth-order valence-corrected chi connectivity index (χ4v) is 0. The van der Waals surface area contributed by atoms with Crippen molar-refractivity contribution in [1.29, 1.82) is 0 Å². The normalized spacial score (nSPS) is 17.1. The maximum Gasteiger partial charge on any atom is 0.189 e. The standard InChI is InChI=1S/C3H7Cl3Si/c1-2(7)3(4,5)6/h2H,1,7H3. The Morgan fingerprint density at radius 3 is 1.57 bits per heavy atom. The molecule has 0 bridgehead atoms. The molecule has 0 nitrogen and oxygen atoms in total. The molecule has 0 saturated heterocycles. The third-order valence-electron chi connectivity index (χ3n) is 0.655. The molecule has 4 heteroatoms. The second kappa shape index (κ2) is 2.58. The number of rotatable bonds is 0. The quantitative estimate of drug-likeness (QED) is 0.389. The SMILES string of the molecule is CC([SiH3])C(Cl)(Cl)Cl. The maximum absolute atomic E-state index is 5.43. The number of hydrogen-bond acceptors (Lipinski definition) is 0. The zero-order chi connectivity index (χ0) is 6.08. The van der Waals surface area contributed by atoms with Crippen LogP contribution in [0.1, 0.15) is 6.92 Å². The van der Waals surface area contributed by atoms with Gasteiger partial charge in [-0.3, -0.25) is 0 Å². The average Bonchev–Trinajstić information content (AvgIpc) is 1.31. The molecule has 1 unspecified atom stereocenters. The van der Waals surface area contributed by atoms with Gasteiger partial charge in [0.1, 0.15) is 0 Å². The van der Waals surface area contributed by atoms with Gasteiger partial charge in [0.05, 0.1) is 0 Å². The summed E-state index contributed by atoms with van der Waals surface area (Å²) < 4.78 is -1.02. The summed E-state index contributed by atoms with van der Waals surface area (Å²) in [5, 5.41) is 0. The van der Waals surface area contributed by atoms with Gasteiger partial charge in [-0.2, -0.15) is 0 Å². The van der Waals surface area contributed by atoms with Crippen LogP contribution in [0.25, 0.3) is 0 Å². The minimum absolute atomic E-state index is 0.234. The van der Waals surface area contributed by atoms with Crippen molar-refractivity contribution >= 4 is 45.0 Å². The van der Waals surface area contributed by atoms with E-state index in [1.807, 2.05) is 6.92 Å². The molecule has 0 fully saturated rings. The van der Waals surface area contributed by atoms with Crippen molar-refractivity contribution in [3.05, 3.63) is 0 Å². The summed E-state index contributed by atoms with van der Waals surface area (Å²) >= 11 is 16.3. The minimum Gasteiger partial charge on any atom is -0.0838 e. The molecule has 1 atom stereocenters. The average molecular weight is 178 g/mol. The van der Waals surface area contributed by atoms with E-state index in [1.165, 1.54) is 0 Å². The highest BCUT2D eigenvalue weighted by Gasteiger charge is 2.23. The zero-order valence-electron chi connectivity index (χ0n) is 4.21. The van der Waals surface area contributed by atoms with Crippen LogP contribution < -0.4 is 0 Å². The molecule has 0 N–H and O–H groups in total. The van der Waals surface area contributed by atoms with E-state index in [0.29, 0.717) is 0 Å². The van der Waals surface area contributed by atoms with Gasteiger partial charge in [0.25, 0.3) is 0 Å². The van der Waals surface area contributed by atoms with Crippen LogP contribution in [0.5, 0.6) is 0 Å². The lowest BCUT2D eigenvalue weighted by Crippen LogP contribution is -2.08. The van der Waals surface area contributed by atoms with Crippen molar-refractivity contribution < 1.29 is 0 Å². The van der Waals surface area contributed by atoms with Gasteiger partial charge in [0, 0.05) is 10.2 Å². The van der Waals surface area contributed by atoms with E-state index in [9.17, 15) is 0 Å². The molecule has 0 saturated carbocycles. The highest BCUT2D eigenvalue weighted by Crippen LogP contribution is 2.36. The Balaban J connectivity index is 3.54. The highest BCUT2D eigenvalue weighted by molar-refractivity contribution is 6.69. The van der Waals surface area contributed by atoms with Crippen LogP contribution in [-0.2, 0) is 0 Å². The second-order valence-electron chi connectivity index (χ2n) is 1.70. The van der Waals surface area contributed by atoms with Crippen LogP contribution in [0.2, 0.25) is 5.54 Å². The second-order valence-corrected chi connectivity index (χ2v) is 5.80. The van der Waals surface area contributed by atoms with Crippen molar-refractivity contribution in [3.8, 4) is 0 Å². The molecule has 44 valence electrons. The van der Waals surface area contributed by atoms with E-state index in [0.717, 1.165) is 10.2 Å². The summed E-state index contributed by atoms with van der Waals surface area (Å²) in [5.74, 6) is 0. The van der Waals surface area contributed by atoms with Gasteiger partial charge in [-0.15, -0.1) is 0 Å². The predicted octanol–water partition coefficient (Wildman–Crippen LogP) is 1.53. The Morgan fingerprint density at radius 2 is 1.57 bits per heavy atom. The Bertz CT molecular complexity index is 55.7. The van der Waals surface area contributed by atoms with Gasteiger partial charge >= 0.3 is 0 Å². The van der Waals surface area contributed by atoms with Crippen LogP contribution in [0.15, 0.2) is 0 Å². The van der Waals surface area contributed by atoms with E-state index >= 15 is 0 Å². The third kappa shape index (κ3) is 3.65.